The Bertz CT molecular complexity index is 1180. The van der Waals surface area contributed by atoms with E-state index >= 15 is 0 Å². The predicted molar refractivity (Wildman–Crippen MR) is 104 cm³/mol. The van der Waals surface area contributed by atoms with Gasteiger partial charge in [0.05, 0.1) is 10.3 Å². The molecule has 11 heteroatoms. The van der Waals surface area contributed by atoms with Crippen molar-refractivity contribution in [3.05, 3.63) is 47.9 Å². The molecule has 0 fully saturated rings. The van der Waals surface area contributed by atoms with Crippen molar-refractivity contribution in [1.29, 1.82) is 0 Å². The van der Waals surface area contributed by atoms with Crippen molar-refractivity contribution in [3.8, 4) is 0 Å². The summed E-state index contributed by atoms with van der Waals surface area (Å²) in [6.07, 6.45) is 3.94. The van der Waals surface area contributed by atoms with Crippen LogP contribution >= 0.6 is 11.3 Å². The fourth-order valence-electron chi connectivity index (χ4n) is 2.44. The Kier molecular flexibility index (Phi) is 4.46. The van der Waals surface area contributed by atoms with Crippen LogP contribution in [-0.2, 0) is 16.4 Å². The molecule has 0 aliphatic heterocycles. The van der Waals surface area contributed by atoms with Gasteiger partial charge < -0.3 is 10.3 Å². The Hall–Kier alpha value is -3.05. The van der Waals surface area contributed by atoms with Gasteiger partial charge in [0.25, 0.3) is 10.0 Å². The smallest absolute Gasteiger partial charge is 0.263 e. The number of aromatic amines is 1. The maximum absolute atomic E-state index is 12.5. The standard InChI is InChI=1S/C16H15N7O2S2/c1-2-13-21-22-16(26-13)23-27(24,25)11-5-3-10(4-6-11)20-15-12-7-8-17-14(12)18-9-19-15/h3-9H,2H2,1H3,(H,22,23)(H2,17,18,19,20). The number of sulfonamides is 1. The third-order valence-corrected chi connectivity index (χ3v) is 6.24. The number of H-pyrrole nitrogens is 1. The summed E-state index contributed by atoms with van der Waals surface area (Å²) < 4.78 is 27.4. The highest BCUT2D eigenvalue weighted by Gasteiger charge is 2.17. The molecule has 0 saturated carbocycles. The van der Waals surface area contributed by atoms with E-state index in [9.17, 15) is 8.42 Å². The molecule has 0 aliphatic rings. The molecule has 0 aliphatic carbocycles. The van der Waals surface area contributed by atoms with Crippen LogP contribution in [0.3, 0.4) is 0 Å². The van der Waals surface area contributed by atoms with Crippen LogP contribution in [0.1, 0.15) is 11.9 Å². The van der Waals surface area contributed by atoms with Crippen molar-refractivity contribution in [2.75, 3.05) is 10.0 Å². The van der Waals surface area contributed by atoms with Crippen molar-refractivity contribution in [1.82, 2.24) is 25.1 Å². The summed E-state index contributed by atoms with van der Waals surface area (Å²) in [6, 6.07) is 8.25. The zero-order chi connectivity index (χ0) is 18.9. The molecule has 0 atom stereocenters. The first-order chi connectivity index (χ1) is 13.0. The summed E-state index contributed by atoms with van der Waals surface area (Å²) in [5.74, 6) is 0.635. The second-order valence-electron chi connectivity index (χ2n) is 5.57. The molecule has 3 N–H and O–H groups in total. The molecule has 0 radical (unpaired) electrons. The lowest BCUT2D eigenvalue weighted by Crippen LogP contribution is -2.12. The number of hydrogen-bond donors (Lipinski definition) is 3. The maximum atomic E-state index is 12.5. The van der Waals surface area contributed by atoms with Gasteiger partial charge in [0, 0.05) is 11.9 Å². The molecular weight excluding hydrogens is 386 g/mol. The summed E-state index contributed by atoms with van der Waals surface area (Å²) in [4.78, 5) is 11.5. The van der Waals surface area contributed by atoms with E-state index in [4.69, 9.17) is 0 Å². The highest BCUT2D eigenvalue weighted by molar-refractivity contribution is 7.93. The number of aryl methyl sites for hydroxylation is 1. The first-order valence-corrected chi connectivity index (χ1v) is 10.4. The predicted octanol–water partition coefficient (Wildman–Crippen LogP) is 2.92. The van der Waals surface area contributed by atoms with Crippen LogP contribution in [0, 0.1) is 0 Å². The summed E-state index contributed by atoms with van der Waals surface area (Å²) in [5, 5.41) is 12.8. The van der Waals surface area contributed by atoms with Crippen LogP contribution < -0.4 is 10.0 Å². The lowest BCUT2D eigenvalue weighted by Gasteiger charge is -2.08. The number of rotatable bonds is 6. The van der Waals surface area contributed by atoms with Crippen molar-refractivity contribution in [3.63, 3.8) is 0 Å². The van der Waals surface area contributed by atoms with E-state index in [1.54, 1.807) is 18.3 Å². The summed E-state index contributed by atoms with van der Waals surface area (Å²) in [7, 11) is -3.72. The van der Waals surface area contributed by atoms with E-state index in [0.717, 1.165) is 16.0 Å². The zero-order valence-corrected chi connectivity index (χ0v) is 15.8. The van der Waals surface area contributed by atoms with E-state index in [0.29, 0.717) is 17.9 Å². The molecule has 3 heterocycles. The third-order valence-electron chi connectivity index (χ3n) is 3.77. The third kappa shape index (κ3) is 3.59. The average molecular weight is 401 g/mol. The Labute approximate surface area is 159 Å². The van der Waals surface area contributed by atoms with Gasteiger partial charge in [-0.15, -0.1) is 10.2 Å². The second kappa shape index (κ2) is 6.93. The summed E-state index contributed by atoms with van der Waals surface area (Å²) >= 11 is 1.22. The quantitative estimate of drug-likeness (QED) is 0.453. The molecule has 9 nitrogen and oxygen atoms in total. The molecule has 27 heavy (non-hydrogen) atoms. The number of anilines is 3. The van der Waals surface area contributed by atoms with Crippen LogP contribution in [0.2, 0.25) is 0 Å². The van der Waals surface area contributed by atoms with Crippen LogP contribution in [-0.4, -0.2) is 33.6 Å². The van der Waals surface area contributed by atoms with Crippen molar-refractivity contribution in [2.45, 2.75) is 18.2 Å². The minimum Gasteiger partial charge on any atom is -0.346 e. The highest BCUT2D eigenvalue weighted by Crippen LogP contribution is 2.24. The first kappa shape index (κ1) is 17.4. The number of fused-ring (bicyclic) bond motifs is 1. The number of nitrogens with zero attached hydrogens (tertiary/aromatic N) is 4. The molecule has 0 spiro atoms. The van der Waals surface area contributed by atoms with Crippen LogP contribution in [0.5, 0.6) is 0 Å². The summed E-state index contributed by atoms with van der Waals surface area (Å²) in [6.45, 7) is 1.93. The number of benzene rings is 1. The van der Waals surface area contributed by atoms with E-state index in [2.05, 4.69) is 35.2 Å². The normalized spacial score (nSPS) is 11.6. The van der Waals surface area contributed by atoms with Crippen LogP contribution in [0.25, 0.3) is 11.0 Å². The highest BCUT2D eigenvalue weighted by atomic mass is 32.2. The monoisotopic (exact) mass is 401 g/mol. The SMILES string of the molecule is CCc1nnc(NS(=O)(=O)c2ccc(Nc3ncnc4[nH]ccc34)cc2)s1. The molecule has 4 rings (SSSR count). The molecule has 1 aromatic carbocycles. The van der Waals surface area contributed by atoms with Gasteiger partial charge in [-0.05, 0) is 36.8 Å². The fourth-order valence-corrected chi connectivity index (χ4v) is 4.35. The van der Waals surface area contributed by atoms with Crippen molar-refractivity contribution in [2.24, 2.45) is 0 Å². The van der Waals surface area contributed by atoms with Gasteiger partial charge in [-0.25, -0.2) is 18.4 Å². The number of hydrogen-bond acceptors (Lipinski definition) is 8. The minimum atomic E-state index is -3.72. The van der Waals surface area contributed by atoms with Crippen molar-refractivity contribution >= 4 is 49.0 Å². The molecular formula is C16H15N7O2S2. The molecule has 0 unspecified atom stereocenters. The Balaban J connectivity index is 1.53. The van der Waals surface area contributed by atoms with Gasteiger partial charge in [0.15, 0.2) is 0 Å². The van der Waals surface area contributed by atoms with E-state index < -0.39 is 10.0 Å². The topological polar surface area (TPSA) is 126 Å². The minimum absolute atomic E-state index is 0.135. The van der Waals surface area contributed by atoms with Crippen LogP contribution in [0.4, 0.5) is 16.6 Å². The van der Waals surface area contributed by atoms with Crippen LogP contribution in [0.15, 0.2) is 47.8 Å². The van der Waals surface area contributed by atoms with E-state index in [-0.39, 0.29) is 10.0 Å². The van der Waals surface area contributed by atoms with E-state index in [1.807, 2.05) is 13.0 Å². The molecule has 0 amide bonds. The van der Waals surface area contributed by atoms with E-state index in [1.165, 1.54) is 29.8 Å². The lowest BCUT2D eigenvalue weighted by molar-refractivity contribution is 0.601. The van der Waals surface area contributed by atoms with Crippen molar-refractivity contribution < 1.29 is 8.42 Å². The van der Waals surface area contributed by atoms with Gasteiger partial charge >= 0.3 is 0 Å². The zero-order valence-electron chi connectivity index (χ0n) is 14.2. The molecule has 3 aromatic heterocycles. The van der Waals surface area contributed by atoms with Gasteiger partial charge in [0.2, 0.25) is 5.13 Å². The fraction of sp³-hybridized carbons (Fsp3) is 0.125. The maximum Gasteiger partial charge on any atom is 0.263 e. The lowest BCUT2D eigenvalue weighted by atomic mass is 10.3. The first-order valence-electron chi connectivity index (χ1n) is 8.05. The number of nitrogens with one attached hydrogen (secondary N) is 3. The largest absolute Gasteiger partial charge is 0.346 e. The molecule has 0 bridgehead atoms. The average Bonchev–Trinajstić information content (AvgIpc) is 3.31. The van der Waals surface area contributed by atoms with Gasteiger partial charge in [-0.3, -0.25) is 4.72 Å². The van der Waals surface area contributed by atoms with Gasteiger partial charge in [-0.1, -0.05) is 18.3 Å². The Morgan fingerprint density at radius 3 is 2.67 bits per heavy atom. The Morgan fingerprint density at radius 2 is 1.93 bits per heavy atom. The second-order valence-corrected chi connectivity index (χ2v) is 8.32. The molecule has 0 saturated heterocycles. The molecule has 4 aromatic rings. The summed E-state index contributed by atoms with van der Waals surface area (Å²) in [5.41, 5.74) is 1.43. The Morgan fingerprint density at radius 1 is 1.11 bits per heavy atom. The number of aromatic nitrogens is 5. The van der Waals surface area contributed by atoms with Gasteiger partial charge in [-0.2, -0.15) is 0 Å². The molecule has 138 valence electrons. The van der Waals surface area contributed by atoms with Gasteiger partial charge in [0.1, 0.15) is 22.8 Å².